The first kappa shape index (κ1) is 14.1. The van der Waals surface area contributed by atoms with Crippen molar-refractivity contribution < 1.29 is 0 Å². The van der Waals surface area contributed by atoms with E-state index in [1.807, 2.05) is 10.8 Å². The lowest BCUT2D eigenvalue weighted by molar-refractivity contribution is 0.424. The van der Waals surface area contributed by atoms with Gasteiger partial charge in [0.05, 0.1) is 6.33 Å². The van der Waals surface area contributed by atoms with Crippen LogP contribution in [0, 0.1) is 0 Å². The second kappa shape index (κ2) is 5.76. The van der Waals surface area contributed by atoms with Gasteiger partial charge in [-0.25, -0.2) is 4.98 Å². The lowest BCUT2D eigenvalue weighted by atomic mass is 10.1. The van der Waals surface area contributed by atoms with E-state index in [4.69, 9.17) is 11.6 Å². The van der Waals surface area contributed by atoms with E-state index < -0.39 is 0 Å². The predicted octanol–water partition coefficient (Wildman–Crippen LogP) is 3.47. The molecule has 2 rings (SSSR count). The number of benzene rings is 1. The molecule has 0 saturated carbocycles. The summed E-state index contributed by atoms with van der Waals surface area (Å²) in [6.45, 7) is 8.18. The van der Waals surface area contributed by atoms with Crippen LogP contribution in [0.1, 0.15) is 31.9 Å². The van der Waals surface area contributed by atoms with E-state index in [1.165, 1.54) is 11.1 Å². The minimum atomic E-state index is 0.133. The number of imidazole rings is 1. The fourth-order valence-electron chi connectivity index (χ4n) is 1.84. The highest BCUT2D eigenvalue weighted by Crippen LogP contribution is 2.11. The second-order valence-corrected chi connectivity index (χ2v) is 6.18. The Balaban J connectivity index is 2.02. The Morgan fingerprint density at radius 3 is 2.63 bits per heavy atom. The van der Waals surface area contributed by atoms with Crippen LogP contribution in [-0.2, 0) is 13.1 Å². The Morgan fingerprint density at radius 2 is 2.00 bits per heavy atom. The van der Waals surface area contributed by atoms with E-state index in [9.17, 15) is 0 Å². The molecule has 0 aliphatic heterocycles. The number of halogens is 1. The molecule has 0 spiro atoms. The van der Waals surface area contributed by atoms with E-state index >= 15 is 0 Å². The molecule has 1 heterocycles. The molecule has 1 aromatic carbocycles. The first-order chi connectivity index (χ1) is 8.92. The van der Waals surface area contributed by atoms with Crippen molar-refractivity contribution in [2.24, 2.45) is 0 Å². The molecule has 2 aromatic rings. The summed E-state index contributed by atoms with van der Waals surface area (Å²) >= 11 is 5.82. The normalized spacial score (nSPS) is 11.8. The topological polar surface area (TPSA) is 29.9 Å². The van der Waals surface area contributed by atoms with Crippen molar-refractivity contribution in [3.63, 3.8) is 0 Å². The number of aromatic nitrogens is 2. The van der Waals surface area contributed by atoms with Crippen molar-refractivity contribution in [3.8, 4) is 0 Å². The molecule has 0 aliphatic carbocycles. The average Bonchev–Trinajstić information content (AvgIpc) is 2.72. The average molecular weight is 278 g/mol. The maximum atomic E-state index is 5.82. The van der Waals surface area contributed by atoms with Crippen LogP contribution in [-0.4, -0.2) is 15.1 Å². The number of rotatable bonds is 4. The van der Waals surface area contributed by atoms with Gasteiger partial charge >= 0.3 is 0 Å². The van der Waals surface area contributed by atoms with Crippen LogP contribution in [0.5, 0.6) is 0 Å². The molecule has 1 N–H and O–H groups in total. The molecular weight excluding hydrogens is 258 g/mol. The van der Waals surface area contributed by atoms with E-state index in [0.717, 1.165) is 13.1 Å². The molecule has 0 atom stereocenters. The standard InChI is InChI=1S/C15H20ClN3/c1-15(2,3)18-8-12-5-4-6-13(7-12)9-19-10-14(16)17-11-19/h4-7,10-11,18H,8-9H2,1-3H3. The van der Waals surface area contributed by atoms with Crippen LogP contribution >= 0.6 is 11.6 Å². The van der Waals surface area contributed by atoms with Gasteiger partial charge in [0.15, 0.2) is 0 Å². The fourth-order valence-corrected chi connectivity index (χ4v) is 2.00. The van der Waals surface area contributed by atoms with Gasteiger partial charge in [-0.2, -0.15) is 0 Å². The second-order valence-electron chi connectivity index (χ2n) is 5.79. The van der Waals surface area contributed by atoms with Crippen molar-refractivity contribution in [1.82, 2.24) is 14.9 Å². The van der Waals surface area contributed by atoms with Crippen LogP contribution in [0.4, 0.5) is 0 Å². The third-order valence-electron chi connectivity index (χ3n) is 2.78. The first-order valence-corrected chi connectivity index (χ1v) is 6.80. The third-order valence-corrected chi connectivity index (χ3v) is 2.98. The summed E-state index contributed by atoms with van der Waals surface area (Å²) in [6.07, 6.45) is 3.59. The van der Waals surface area contributed by atoms with Gasteiger partial charge in [-0.3, -0.25) is 0 Å². The summed E-state index contributed by atoms with van der Waals surface area (Å²) in [5.41, 5.74) is 2.68. The Morgan fingerprint density at radius 1 is 1.26 bits per heavy atom. The Labute approximate surface area is 119 Å². The maximum Gasteiger partial charge on any atom is 0.146 e. The molecule has 3 nitrogen and oxygen atoms in total. The van der Waals surface area contributed by atoms with Crippen LogP contribution in [0.3, 0.4) is 0 Å². The van der Waals surface area contributed by atoms with Gasteiger partial charge in [0.2, 0.25) is 0 Å². The minimum absolute atomic E-state index is 0.133. The van der Waals surface area contributed by atoms with Gasteiger partial charge in [-0.15, -0.1) is 0 Å². The largest absolute Gasteiger partial charge is 0.331 e. The van der Waals surface area contributed by atoms with Gasteiger partial charge < -0.3 is 9.88 Å². The van der Waals surface area contributed by atoms with Crippen LogP contribution < -0.4 is 5.32 Å². The summed E-state index contributed by atoms with van der Waals surface area (Å²) in [4.78, 5) is 4.02. The van der Waals surface area contributed by atoms with Gasteiger partial charge in [0.1, 0.15) is 5.15 Å². The molecule has 102 valence electrons. The number of nitrogens with zero attached hydrogens (tertiary/aromatic N) is 2. The molecule has 0 saturated heterocycles. The molecule has 0 radical (unpaired) electrons. The molecule has 0 unspecified atom stereocenters. The summed E-state index contributed by atoms with van der Waals surface area (Å²) in [5.74, 6) is 0. The molecule has 19 heavy (non-hydrogen) atoms. The van der Waals surface area contributed by atoms with Crippen molar-refractivity contribution in [2.75, 3.05) is 0 Å². The maximum absolute atomic E-state index is 5.82. The van der Waals surface area contributed by atoms with Gasteiger partial charge in [0, 0.05) is 24.8 Å². The van der Waals surface area contributed by atoms with Gasteiger partial charge in [-0.1, -0.05) is 35.9 Å². The quantitative estimate of drug-likeness (QED) is 0.927. The van der Waals surface area contributed by atoms with Crippen LogP contribution in [0.15, 0.2) is 36.8 Å². The fraction of sp³-hybridized carbons (Fsp3) is 0.400. The number of nitrogens with one attached hydrogen (secondary N) is 1. The molecule has 1 aromatic heterocycles. The zero-order valence-electron chi connectivity index (χ0n) is 11.7. The van der Waals surface area contributed by atoms with E-state index in [-0.39, 0.29) is 5.54 Å². The Bertz CT molecular complexity index is 540. The van der Waals surface area contributed by atoms with Crippen molar-refractivity contribution in [2.45, 2.75) is 39.4 Å². The van der Waals surface area contributed by atoms with Crippen molar-refractivity contribution >= 4 is 11.6 Å². The monoisotopic (exact) mass is 277 g/mol. The zero-order chi connectivity index (χ0) is 13.9. The van der Waals surface area contributed by atoms with E-state index in [2.05, 4.69) is 55.3 Å². The van der Waals surface area contributed by atoms with Crippen molar-refractivity contribution in [1.29, 1.82) is 0 Å². The number of hydrogen-bond donors (Lipinski definition) is 1. The highest BCUT2D eigenvalue weighted by Gasteiger charge is 2.08. The molecule has 0 amide bonds. The van der Waals surface area contributed by atoms with E-state index in [0.29, 0.717) is 5.15 Å². The lowest BCUT2D eigenvalue weighted by Crippen LogP contribution is -2.35. The smallest absolute Gasteiger partial charge is 0.146 e. The molecule has 0 bridgehead atoms. The highest BCUT2D eigenvalue weighted by atomic mass is 35.5. The molecule has 0 fully saturated rings. The summed E-state index contributed by atoms with van der Waals surface area (Å²) < 4.78 is 1.98. The third kappa shape index (κ3) is 4.69. The molecule has 0 aliphatic rings. The highest BCUT2D eigenvalue weighted by molar-refractivity contribution is 6.29. The molecular formula is C15H20ClN3. The summed E-state index contributed by atoms with van der Waals surface area (Å²) in [6, 6.07) is 8.57. The van der Waals surface area contributed by atoms with Crippen LogP contribution in [0.25, 0.3) is 0 Å². The van der Waals surface area contributed by atoms with Crippen molar-refractivity contribution in [3.05, 3.63) is 53.1 Å². The number of hydrogen-bond acceptors (Lipinski definition) is 2. The predicted molar refractivity (Wildman–Crippen MR) is 79.4 cm³/mol. The van der Waals surface area contributed by atoms with Gasteiger partial charge in [0.25, 0.3) is 0 Å². The van der Waals surface area contributed by atoms with E-state index in [1.54, 1.807) is 6.33 Å². The first-order valence-electron chi connectivity index (χ1n) is 6.42. The van der Waals surface area contributed by atoms with Gasteiger partial charge in [-0.05, 0) is 31.9 Å². The minimum Gasteiger partial charge on any atom is -0.331 e. The zero-order valence-corrected chi connectivity index (χ0v) is 12.4. The SMILES string of the molecule is CC(C)(C)NCc1cccc(Cn2cnc(Cl)c2)c1. The lowest BCUT2D eigenvalue weighted by Gasteiger charge is -2.20. The molecule has 4 heteroatoms. The van der Waals surface area contributed by atoms with Crippen LogP contribution in [0.2, 0.25) is 5.15 Å². The Hall–Kier alpha value is -1.32. The summed E-state index contributed by atoms with van der Waals surface area (Å²) in [5, 5.41) is 4.03. The Kier molecular flexibility index (Phi) is 4.27. The summed E-state index contributed by atoms with van der Waals surface area (Å²) in [7, 11) is 0.